The van der Waals surface area contributed by atoms with Gasteiger partial charge in [-0.05, 0) is 6.42 Å². The summed E-state index contributed by atoms with van der Waals surface area (Å²) >= 11 is 0. The van der Waals surface area contributed by atoms with E-state index in [-0.39, 0.29) is 0 Å². The molecule has 0 aliphatic carbocycles. The molecule has 0 bridgehead atoms. The van der Waals surface area contributed by atoms with Gasteiger partial charge in [0.15, 0.2) is 0 Å². The van der Waals surface area contributed by atoms with Crippen LogP contribution in [0.25, 0.3) is 0 Å². The Morgan fingerprint density at radius 1 is 1.20 bits per heavy atom. The van der Waals surface area contributed by atoms with Gasteiger partial charge in [0.25, 0.3) is 0 Å². The highest BCUT2D eigenvalue weighted by Gasteiger charge is 1.93. The van der Waals surface area contributed by atoms with Crippen LogP contribution in [-0.2, 0) is 4.57 Å². The van der Waals surface area contributed by atoms with E-state index in [1.54, 1.807) is 0 Å². The molecule has 0 atom stereocenters. The molecule has 1 saturated heterocycles. The second kappa shape index (κ2) is 7.01. The van der Waals surface area contributed by atoms with Gasteiger partial charge in [-0.15, -0.1) is 9.79 Å². The van der Waals surface area contributed by atoms with Crippen molar-refractivity contribution in [1.29, 1.82) is 0 Å². The fraction of sp³-hybridized carbons (Fsp3) is 1.00. The second-order valence-electron chi connectivity index (χ2n) is 1.58. The first-order valence-electron chi connectivity index (χ1n) is 2.79. The van der Waals surface area contributed by atoms with E-state index < -0.39 is 8.25 Å². The van der Waals surface area contributed by atoms with Gasteiger partial charge in [0.2, 0.25) is 0 Å². The van der Waals surface area contributed by atoms with Crippen LogP contribution in [0, 0.1) is 0 Å². The summed E-state index contributed by atoms with van der Waals surface area (Å²) < 4.78 is 8.70. The van der Waals surface area contributed by atoms with Gasteiger partial charge in [-0.25, -0.2) is 10.9 Å². The standard InChI is InChI=1S/C3H9N3.HO3P/c1-2-4-6-5-3-1;1-4(2)3/h4-6H,1-3H2;(H-,1,2,3)/p+1. The Balaban J connectivity index is 0.000000180. The van der Waals surface area contributed by atoms with Gasteiger partial charge in [0.05, 0.1) is 0 Å². The molecule has 7 heteroatoms. The molecular weight excluding hydrogens is 157 g/mol. The molecule has 5 N–H and O–H groups in total. The number of nitrogens with one attached hydrogen (secondary N) is 3. The van der Waals surface area contributed by atoms with E-state index in [9.17, 15) is 0 Å². The highest BCUT2D eigenvalue weighted by Crippen LogP contribution is 1.98. The monoisotopic (exact) mass is 168 g/mol. The molecule has 0 aromatic rings. The smallest absolute Gasteiger partial charge is 0.244 e. The van der Waals surface area contributed by atoms with Crippen LogP contribution in [0.3, 0.4) is 0 Å². The number of hydrogen-bond acceptors (Lipinski definition) is 4. The fourth-order valence-corrected chi connectivity index (χ4v) is 0.453. The third-order valence-electron chi connectivity index (χ3n) is 0.780. The van der Waals surface area contributed by atoms with Gasteiger partial charge in [-0.1, -0.05) is 0 Å². The van der Waals surface area contributed by atoms with E-state index in [1.807, 2.05) is 0 Å². The molecule has 0 unspecified atom stereocenters. The first-order chi connectivity index (χ1) is 4.73. The number of rotatable bonds is 0. The fourth-order valence-electron chi connectivity index (χ4n) is 0.453. The zero-order valence-corrected chi connectivity index (χ0v) is 6.27. The van der Waals surface area contributed by atoms with Crippen LogP contribution in [0.1, 0.15) is 6.42 Å². The minimum atomic E-state index is -2.87. The normalized spacial score (nSPS) is 17.0. The maximum absolute atomic E-state index is 8.70. The summed E-state index contributed by atoms with van der Waals surface area (Å²) in [6, 6.07) is 0. The molecule has 0 saturated carbocycles. The molecule has 1 aliphatic rings. The zero-order valence-electron chi connectivity index (χ0n) is 5.37. The minimum absolute atomic E-state index is 1.08. The molecule has 0 spiro atoms. The van der Waals surface area contributed by atoms with Crippen molar-refractivity contribution in [3.05, 3.63) is 0 Å². The SMILES string of the molecule is C1CNNNC1.O=[P+](O)O. The van der Waals surface area contributed by atoms with E-state index in [0.717, 1.165) is 13.1 Å². The largest absolute Gasteiger partial charge is 0.692 e. The Bertz CT molecular complexity index is 81.5. The Morgan fingerprint density at radius 2 is 1.60 bits per heavy atom. The lowest BCUT2D eigenvalue weighted by molar-refractivity contribution is 0.372. The van der Waals surface area contributed by atoms with Gasteiger partial charge in [0.1, 0.15) is 0 Å². The van der Waals surface area contributed by atoms with Gasteiger partial charge < -0.3 is 0 Å². The van der Waals surface area contributed by atoms with Crippen LogP contribution >= 0.6 is 8.25 Å². The summed E-state index contributed by atoms with van der Waals surface area (Å²) in [5, 5.41) is 0. The van der Waals surface area contributed by atoms with Crippen molar-refractivity contribution >= 4 is 8.25 Å². The predicted molar refractivity (Wildman–Crippen MR) is 35.8 cm³/mol. The molecule has 0 aromatic carbocycles. The van der Waals surface area contributed by atoms with Gasteiger partial charge in [0, 0.05) is 17.7 Å². The Morgan fingerprint density at radius 3 is 1.70 bits per heavy atom. The molecule has 60 valence electrons. The highest BCUT2D eigenvalue weighted by atomic mass is 31.1. The van der Waals surface area contributed by atoms with Crippen molar-refractivity contribution in [3.63, 3.8) is 0 Å². The van der Waals surface area contributed by atoms with E-state index in [0.29, 0.717) is 0 Å². The molecule has 10 heavy (non-hydrogen) atoms. The lowest BCUT2D eigenvalue weighted by atomic mass is 10.4. The first-order valence-corrected chi connectivity index (χ1v) is 3.95. The van der Waals surface area contributed by atoms with E-state index in [4.69, 9.17) is 14.4 Å². The molecule has 1 heterocycles. The van der Waals surface area contributed by atoms with Gasteiger partial charge in [-0.2, -0.15) is 5.53 Å². The molecule has 0 aromatic heterocycles. The average Bonchev–Trinajstić information content (AvgIpc) is 1.90. The maximum atomic E-state index is 8.70. The van der Waals surface area contributed by atoms with Crippen molar-refractivity contribution in [1.82, 2.24) is 16.4 Å². The van der Waals surface area contributed by atoms with Crippen molar-refractivity contribution in [2.45, 2.75) is 6.42 Å². The third kappa shape index (κ3) is 10.8. The Labute approximate surface area is 59.5 Å². The van der Waals surface area contributed by atoms with Crippen molar-refractivity contribution in [2.24, 2.45) is 0 Å². The molecule has 6 nitrogen and oxygen atoms in total. The van der Waals surface area contributed by atoms with E-state index in [1.165, 1.54) is 6.42 Å². The maximum Gasteiger partial charge on any atom is 0.692 e. The summed E-state index contributed by atoms with van der Waals surface area (Å²) in [5.41, 5.74) is 8.63. The Hall–Kier alpha value is -0.100. The predicted octanol–water partition coefficient (Wildman–Crippen LogP) is -1.38. The van der Waals surface area contributed by atoms with Crippen molar-refractivity contribution in [3.8, 4) is 0 Å². The van der Waals surface area contributed by atoms with Crippen LogP contribution in [0.5, 0.6) is 0 Å². The summed E-state index contributed by atoms with van der Waals surface area (Å²) in [6.45, 7) is 2.15. The van der Waals surface area contributed by atoms with Gasteiger partial charge in [-0.3, -0.25) is 0 Å². The van der Waals surface area contributed by atoms with Gasteiger partial charge >= 0.3 is 8.25 Å². The first kappa shape index (κ1) is 9.90. The van der Waals surface area contributed by atoms with Crippen LogP contribution < -0.4 is 16.4 Å². The molecule has 1 aliphatic heterocycles. The molecule has 0 amide bonds. The average molecular weight is 168 g/mol. The number of hydrogen-bond donors (Lipinski definition) is 5. The number of hydrazine groups is 2. The van der Waals surface area contributed by atoms with E-state index in [2.05, 4.69) is 16.4 Å². The second-order valence-corrected chi connectivity index (χ2v) is 2.09. The molecule has 0 radical (unpaired) electrons. The third-order valence-corrected chi connectivity index (χ3v) is 0.780. The zero-order chi connectivity index (χ0) is 7.82. The van der Waals surface area contributed by atoms with E-state index >= 15 is 0 Å². The van der Waals surface area contributed by atoms with Crippen LogP contribution in [0.15, 0.2) is 0 Å². The van der Waals surface area contributed by atoms with Crippen LogP contribution in [0.4, 0.5) is 0 Å². The van der Waals surface area contributed by atoms with Crippen molar-refractivity contribution < 1.29 is 14.4 Å². The molecular formula is C3H11N3O3P+. The van der Waals surface area contributed by atoms with Crippen molar-refractivity contribution in [2.75, 3.05) is 13.1 Å². The molecule has 1 rings (SSSR count). The summed E-state index contributed by atoms with van der Waals surface area (Å²) in [4.78, 5) is 14.2. The quantitative estimate of drug-likeness (QED) is 0.286. The van der Waals surface area contributed by atoms with Crippen LogP contribution in [-0.4, -0.2) is 22.9 Å². The summed E-state index contributed by atoms with van der Waals surface area (Å²) in [5.74, 6) is 0. The van der Waals surface area contributed by atoms with Crippen LogP contribution in [0.2, 0.25) is 0 Å². The molecule has 1 fully saturated rings. The highest BCUT2D eigenvalue weighted by molar-refractivity contribution is 7.30. The summed E-state index contributed by atoms with van der Waals surface area (Å²) in [6.07, 6.45) is 1.22. The lowest BCUT2D eigenvalue weighted by Gasteiger charge is -2.12. The Kier molecular flexibility index (Phi) is 6.94. The minimum Gasteiger partial charge on any atom is -0.244 e. The lowest BCUT2D eigenvalue weighted by Crippen LogP contribution is -2.49. The summed E-state index contributed by atoms with van der Waals surface area (Å²) in [7, 11) is -2.87. The topological polar surface area (TPSA) is 93.6 Å².